The summed E-state index contributed by atoms with van der Waals surface area (Å²) >= 11 is 6.01. The van der Waals surface area contributed by atoms with Crippen LogP contribution in [0.3, 0.4) is 0 Å². The molecule has 0 spiro atoms. The molecule has 0 unspecified atom stereocenters. The fourth-order valence-electron chi connectivity index (χ4n) is 2.87. The highest BCUT2D eigenvalue weighted by atomic mass is 35.5. The van der Waals surface area contributed by atoms with Crippen molar-refractivity contribution in [3.05, 3.63) is 82.4 Å². The molecule has 0 atom stereocenters. The summed E-state index contributed by atoms with van der Waals surface area (Å²) in [5.74, 6) is -1.99. The number of amides is 1. The number of hydrogen-bond acceptors (Lipinski definition) is 5. The molecule has 0 radical (unpaired) electrons. The van der Waals surface area contributed by atoms with E-state index in [4.69, 9.17) is 26.3 Å². The molecular formula is C21H14ClF2N3O3. The number of hydrogen-bond donors (Lipinski definition) is 2. The van der Waals surface area contributed by atoms with Gasteiger partial charge in [0.05, 0.1) is 0 Å². The van der Waals surface area contributed by atoms with Crippen molar-refractivity contribution in [1.82, 2.24) is 10.5 Å². The Bertz CT molecular complexity index is 1240. The van der Waals surface area contributed by atoms with Gasteiger partial charge in [-0.15, -0.1) is 0 Å². The molecule has 2 aromatic heterocycles. The molecule has 4 aromatic rings. The molecule has 0 aliphatic carbocycles. The number of halogens is 3. The van der Waals surface area contributed by atoms with E-state index in [2.05, 4.69) is 10.5 Å². The van der Waals surface area contributed by atoms with Crippen LogP contribution in [0.25, 0.3) is 22.8 Å². The molecule has 9 heteroatoms. The fraction of sp³-hybridized carbons (Fsp3) is 0.0476. The molecule has 4 rings (SSSR count). The van der Waals surface area contributed by atoms with Gasteiger partial charge in [-0.2, -0.15) is 0 Å². The van der Waals surface area contributed by atoms with Crippen LogP contribution in [0.5, 0.6) is 0 Å². The molecule has 3 N–H and O–H groups in total. The summed E-state index contributed by atoms with van der Waals surface area (Å²) < 4.78 is 37.2. The van der Waals surface area contributed by atoms with Crippen LogP contribution in [0.1, 0.15) is 15.9 Å². The van der Waals surface area contributed by atoms with Crippen LogP contribution >= 0.6 is 11.6 Å². The molecular weight excluding hydrogens is 416 g/mol. The van der Waals surface area contributed by atoms with Gasteiger partial charge in [-0.05, 0) is 42.0 Å². The first-order valence-corrected chi connectivity index (χ1v) is 9.13. The van der Waals surface area contributed by atoms with Crippen molar-refractivity contribution < 1.29 is 22.5 Å². The number of aromatic nitrogens is 1. The van der Waals surface area contributed by atoms with E-state index in [0.717, 1.165) is 17.7 Å². The van der Waals surface area contributed by atoms with Gasteiger partial charge in [0.2, 0.25) is 5.88 Å². The van der Waals surface area contributed by atoms with Crippen LogP contribution in [-0.2, 0) is 6.54 Å². The van der Waals surface area contributed by atoms with Crippen molar-refractivity contribution in [3.8, 4) is 22.8 Å². The molecule has 2 heterocycles. The minimum absolute atomic E-state index is 0.0235. The number of carbonyl (C=O) groups is 1. The third kappa shape index (κ3) is 3.90. The second-order valence-electron chi connectivity index (χ2n) is 6.38. The number of rotatable bonds is 5. The van der Waals surface area contributed by atoms with Crippen molar-refractivity contribution in [2.24, 2.45) is 0 Å². The van der Waals surface area contributed by atoms with Gasteiger partial charge in [0.25, 0.3) is 5.91 Å². The summed E-state index contributed by atoms with van der Waals surface area (Å²) in [6.45, 7) is -0.0496. The minimum atomic E-state index is -1.00. The van der Waals surface area contributed by atoms with E-state index >= 15 is 0 Å². The lowest BCUT2D eigenvalue weighted by atomic mass is 10.1. The zero-order chi connectivity index (χ0) is 21.3. The van der Waals surface area contributed by atoms with Crippen LogP contribution in [0.2, 0.25) is 5.02 Å². The van der Waals surface area contributed by atoms with Crippen molar-refractivity contribution >= 4 is 23.4 Å². The van der Waals surface area contributed by atoms with Crippen molar-refractivity contribution in [3.63, 3.8) is 0 Å². The van der Waals surface area contributed by atoms with Crippen LogP contribution < -0.4 is 11.1 Å². The second-order valence-corrected chi connectivity index (χ2v) is 6.81. The molecule has 0 bridgehead atoms. The third-order valence-corrected chi connectivity index (χ3v) is 4.57. The summed E-state index contributed by atoms with van der Waals surface area (Å²) in [5.41, 5.74) is 6.98. The Balaban J connectivity index is 1.57. The first-order chi connectivity index (χ1) is 14.4. The van der Waals surface area contributed by atoms with E-state index < -0.39 is 17.5 Å². The number of furan rings is 1. The van der Waals surface area contributed by atoms with Gasteiger partial charge >= 0.3 is 0 Å². The predicted octanol–water partition coefficient (Wildman–Crippen LogP) is 5.05. The lowest BCUT2D eigenvalue weighted by Gasteiger charge is -2.06. The second kappa shape index (κ2) is 8.00. The van der Waals surface area contributed by atoms with E-state index in [1.165, 1.54) is 6.07 Å². The van der Waals surface area contributed by atoms with Gasteiger partial charge in [0.15, 0.2) is 23.1 Å². The maximum atomic E-state index is 13.3. The number of nitrogen functional groups attached to an aromatic ring is 1. The summed E-state index contributed by atoms with van der Waals surface area (Å²) in [7, 11) is 0. The third-order valence-electron chi connectivity index (χ3n) is 4.33. The van der Waals surface area contributed by atoms with E-state index in [1.807, 2.05) is 6.07 Å². The van der Waals surface area contributed by atoms with Gasteiger partial charge in [-0.25, -0.2) is 8.78 Å². The average Bonchev–Trinajstić information content (AvgIpc) is 3.35. The van der Waals surface area contributed by atoms with E-state index in [1.54, 1.807) is 30.3 Å². The zero-order valence-electron chi connectivity index (χ0n) is 15.3. The number of nitrogens with one attached hydrogen (secondary N) is 1. The maximum Gasteiger partial charge on any atom is 0.259 e. The largest absolute Gasteiger partial charge is 0.454 e. The maximum absolute atomic E-state index is 13.3. The highest BCUT2D eigenvalue weighted by Gasteiger charge is 2.25. The first-order valence-electron chi connectivity index (χ1n) is 8.76. The molecule has 0 fully saturated rings. The quantitative estimate of drug-likeness (QED) is 0.463. The topological polar surface area (TPSA) is 94.3 Å². The molecule has 6 nitrogen and oxygen atoms in total. The minimum Gasteiger partial charge on any atom is -0.454 e. The molecule has 30 heavy (non-hydrogen) atoms. The highest BCUT2D eigenvalue weighted by Crippen LogP contribution is 2.32. The van der Waals surface area contributed by atoms with Crippen LogP contribution in [0, 0.1) is 11.6 Å². The SMILES string of the molecule is Nc1onc(-c2ccc(-c3cccc(Cl)c3)o2)c1C(=O)NCc1ccc(F)c(F)c1. The Labute approximate surface area is 174 Å². The number of anilines is 1. The van der Waals surface area contributed by atoms with Crippen LogP contribution in [-0.4, -0.2) is 11.1 Å². The number of carbonyl (C=O) groups excluding carboxylic acids is 1. The van der Waals surface area contributed by atoms with Crippen molar-refractivity contribution in [2.75, 3.05) is 5.73 Å². The summed E-state index contributed by atoms with van der Waals surface area (Å²) in [6.07, 6.45) is 0. The van der Waals surface area contributed by atoms with Gasteiger partial charge in [-0.3, -0.25) is 4.79 Å². The highest BCUT2D eigenvalue weighted by molar-refractivity contribution is 6.30. The molecule has 0 saturated heterocycles. The average molecular weight is 430 g/mol. The van der Waals surface area contributed by atoms with E-state index in [9.17, 15) is 13.6 Å². The molecule has 0 saturated carbocycles. The smallest absolute Gasteiger partial charge is 0.259 e. The number of nitrogens with zero attached hydrogens (tertiary/aromatic N) is 1. The Kier molecular flexibility index (Phi) is 5.24. The Morgan fingerprint density at radius 1 is 1.07 bits per heavy atom. The predicted molar refractivity (Wildman–Crippen MR) is 107 cm³/mol. The summed E-state index contributed by atoms with van der Waals surface area (Å²) in [5, 5.41) is 6.95. The van der Waals surface area contributed by atoms with E-state index in [0.29, 0.717) is 16.3 Å². The molecule has 1 amide bonds. The molecule has 0 aliphatic rings. The normalized spacial score (nSPS) is 10.9. The van der Waals surface area contributed by atoms with E-state index in [-0.39, 0.29) is 29.4 Å². The van der Waals surface area contributed by atoms with Crippen molar-refractivity contribution in [1.29, 1.82) is 0 Å². The molecule has 152 valence electrons. The van der Waals surface area contributed by atoms with Gasteiger partial charge in [0, 0.05) is 17.1 Å². The van der Waals surface area contributed by atoms with Crippen molar-refractivity contribution in [2.45, 2.75) is 6.54 Å². The number of nitrogens with two attached hydrogens (primary N) is 1. The summed E-state index contributed by atoms with van der Waals surface area (Å²) in [6, 6.07) is 13.7. The monoisotopic (exact) mass is 429 g/mol. The standard InChI is InChI=1S/C21H14ClF2N3O3/c22-13-3-1-2-12(9-13)16-6-7-17(29-16)19-18(20(25)30-27-19)21(28)26-10-11-4-5-14(23)15(24)8-11/h1-9H,10,25H2,(H,26,28). The van der Waals surface area contributed by atoms with Gasteiger partial charge in [-0.1, -0.05) is 35.0 Å². The van der Waals surface area contributed by atoms with Gasteiger partial charge in [0.1, 0.15) is 11.3 Å². The molecule has 0 aliphatic heterocycles. The Morgan fingerprint density at radius 3 is 2.63 bits per heavy atom. The lowest BCUT2D eigenvalue weighted by molar-refractivity contribution is 0.0952. The zero-order valence-corrected chi connectivity index (χ0v) is 16.0. The number of benzene rings is 2. The molecule has 2 aromatic carbocycles. The van der Waals surface area contributed by atoms with Crippen LogP contribution in [0.15, 0.2) is 63.5 Å². The van der Waals surface area contributed by atoms with Crippen LogP contribution in [0.4, 0.5) is 14.7 Å². The lowest BCUT2D eigenvalue weighted by Crippen LogP contribution is -2.24. The Hall–Kier alpha value is -3.65. The Morgan fingerprint density at radius 2 is 1.87 bits per heavy atom. The van der Waals surface area contributed by atoms with Gasteiger partial charge < -0.3 is 20.0 Å². The first kappa shape index (κ1) is 19.7. The summed E-state index contributed by atoms with van der Waals surface area (Å²) in [4.78, 5) is 12.6. The fourth-order valence-corrected chi connectivity index (χ4v) is 3.06.